The molecule has 0 saturated carbocycles. The summed E-state index contributed by atoms with van der Waals surface area (Å²) in [6, 6.07) is 16.3. The van der Waals surface area contributed by atoms with Crippen molar-refractivity contribution in [2.45, 2.75) is 26.5 Å². The zero-order chi connectivity index (χ0) is 20.6. The lowest BCUT2D eigenvalue weighted by Crippen LogP contribution is -2.46. The van der Waals surface area contributed by atoms with E-state index in [2.05, 4.69) is 28.0 Å². The average molecular weight is 396 g/mol. The number of hydrogen-bond acceptors (Lipinski definition) is 5. The molecular weight excluding hydrogens is 366 g/mol. The van der Waals surface area contributed by atoms with Gasteiger partial charge in [0.2, 0.25) is 0 Å². The van der Waals surface area contributed by atoms with Crippen molar-refractivity contribution >= 4 is 17.7 Å². The van der Waals surface area contributed by atoms with Gasteiger partial charge in [0.05, 0.1) is 6.10 Å². The first kappa shape index (κ1) is 20.9. The molecule has 0 spiro atoms. The van der Waals surface area contributed by atoms with Gasteiger partial charge in [-0.3, -0.25) is 14.9 Å². The molecule has 0 aliphatic carbocycles. The molecule has 0 atom stereocenters. The Morgan fingerprint density at radius 3 is 2.45 bits per heavy atom. The van der Waals surface area contributed by atoms with Crippen LogP contribution in [0.1, 0.15) is 25.0 Å². The molecule has 1 aliphatic heterocycles. The van der Waals surface area contributed by atoms with E-state index in [0.717, 1.165) is 49.7 Å². The minimum Gasteiger partial charge on any atom is -0.491 e. The zero-order valence-electron chi connectivity index (χ0n) is 17.0. The SMILES string of the molecule is CC(C)Oc1ccc(CN2CCN(c3ccccc3/C=C/C(=O)NO)CC2)cc1. The molecule has 1 saturated heterocycles. The van der Waals surface area contributed by atoms with Crippen molar-refractivity contribution in [3.8, 4) is 5.75 Å². The molecular formula is C23H29N3O3. The second kappa shape index (κ2) is 10.1. The Hall–Kier alpha value is -2.83. The predicted octanol–water partition coefficient (Wildman–Crippen LogP) is 3.31. The van der Waals surface area contributed by atoms with Crippen LogP contribution in [0.4, 0.5) is 5.69 Å². The fourth-order valence-electron chi connectivity index (χ4n) is 3.47. The zero-order valence-corrected chi connectivity index (χ0v) is 17.0. The normalized spacial score (nSPS) is 15.1. The van der Waals surface area contributed by atoms with Crippen molar-refractivity contribution in [2.75, 3.05) is 31.1 Å². The van der Waals surface area contributed by atoms with Gasteiger partial charge in [0.1, 0.15) is 5.75 Å². The lowest BCUT2D eigenvalue weighted by Gasteiger charge is -2.36. The highest BCUT2D eigenvalue weighted by molar-refractivity contribution is 5.91. The van der Waals surface area contributed by atoms with Crippen LogP contribution in [0, 0.1) is 0 Å². The summed E-state index contributed by atoms with van der Waals surface area (Å²) in [5, 5.41) is 8.66. The molecule has 0 unspecified atom stereocenters. The minimum absolute atomic E-state index is 0.185. The maximum atomic E-state index is 11.3. The molecule has 2 N–H and O–H groups in total. The van der Waals surface area contributed by atoms with Crippen LogP contribution >= 0.6 is 0 Å². The van der Waals surface area contributed by atoms with Gasteiger partial charge in [0.25, 0.3) is 5.91 Å². The van der Waals surface area contributed by atoms with Crippen molar-refractivity contribution < 1.29 is 14.7 Å². The summed E-state index contributed by atoms with van der Waals surface area (Å²) in [6.45, 7) is 8.77. The van der Waals surface area contributed by atoms with E-state index >= 15 is 0 Å². The van der Waals surface area contributed by atoms with Gasteiger partial charge >= 0.3 is 0 Å². The third-order valence-electron chi connectivity index (χ3n) is 4.88. The standard InChI is InChI=1S/C23H29N3O3/c1-18(2)29-21-10-7-19(8-11-21)17-25-13-15-26(16-14-25)22-6-4-3-5-20(22)9-12-23(27)24-28/h3-12,18,28H,13-17H2,1-2H3,(H,24,27)/b12-9+. The minimum atomic E-state index is -0.533. The van der Waals surface area contributed by atoms with Gasteiger partial charge in [0, 0.05) is 44.5 Å². The molecule has 2 aromatic carbocycles. The van der Waals surface area contributed by atoms with Crippen molar-refractivity contribution in [2.24, 2.45) is 0 Å². The lowest BCUT2D eigenvalue weighted by atomic mass is 10.1. The largest absolute Gasteiger partial charge is 0.491 e. The van der Waals surface area contributed by atoms with Gasteiger partial charge in [-0.15, -0.1) is 0 Å². The molecule has 0 aromatic heterocycles. The highest BCUT2D eigenvalue weighted by atomic mass is 16.5. The lowest BCUT2D eigenvalue weighted by molar-refractivity contribution is -0.124. The number of carbonyl (C=O) groups is 1. The summed E-state index contributed by atoms with van der Waals surface area (Å²) in [5.74, 6) is 0.377. The van der Waals surface area contributed by atoms with E-state index in [9.17, 15) is 4.79 Å². The molecule has 2 aromatic rings. The monoisotopic (exact) mass is 395 g/mol. The van der Waals surface area contributed by atoms with E-state index < -0.39 is 5.91 Å². The first-order chi connectivity index (χ1) is 14.0. The first-order valence-electron chi connectivity index (χ1n) is 9.99. The fourth-order valence-corrected chi connectivity index (χ4v) is 3.47. The second-order valence-electron chi connectivity index (χ2n) is 7.44. The Morgan fingerprint density at radius 2 is 1.79 bits per heavy atom. The van der Waals surface area contributed by atoms with Crippen LogP contribution in [0.25, 0.3) is 6.08 Å². The maximum absolute atomic E-state index is 11.3. The van der Waals surface area contributed by atoms with Crippen molar-refractivity contribution in [3.63, 3.8) is 0 Å². The number of piperazine rings is 1. The van der Waals surface area contributed by atoms with Crippen LogP contribution in [0.15, 0.2) is 54.6 Å². The molecule has 3 rings (SSSR count). The number of hydrogen-bond donors (Lipinski definition) is 2. The molecule has 154 valence electrons. The summed E-state index contributed by atoms with van der Waals surface area (Å²) < 4.78 is 5.71. The number of ether oxygens (including phenoxy) is 1. The topological polar surface area (TPSA) is 65.0 Å². The molecule has 1 aliphatic rings. The summed E-state index contributed by atoms with van der Waals surface area (Å²) in [7, 11) is 0. The Labute approximate surface area is 172 Å². The fraction of sp³-hybridized carbons (Fsp3) is 0.348. The Kier molecular flexibility index (Phi) is 7.27. The molecule has 6 heteroatoms. The number of carbonyl (C=O) groups excluding carboxylic acids is 1. The number of benzene rings is 2. The second-order valence-corrected chi connectivity index (χ2v) is 7.44. The maximum Gasteiger partial charge on any atom is 0.267 e. The number of amides is 1. The molecule has 1 heterocycles. The molecule has 6 nitrogen and oxygen atoms in total. The van der Waals surface area contributed by atoms with Crippen molar-refractivity contribution in [3.05, 3.63) is 65.7 Å². The first-order valence-corrected chi connectivity index (χ1v) is 9.99. The summed E-state index contributed by atoms with van der Waals surface area (Å²) >= 11 is 0. The number of anilines is 1. The van der Waals surface area contributed by atoms with Gasteiger partial charge < -0.3 is 9.64 Å². The van der Waals surface area contributed by atoms with Crippen LogP contribution in [-0.2, 0) is 11.3 Å². The van der Waals surface area contributed by atoms with Gasteiger partial charge in [-0.1, -0.05) is 30.3 Å². The number of nitrogens with one attached hydrogen (secondary N) is 1. The van der Waals surface area contributed by atoms with E-state index in [0.29, 0.717) is 0 Å². The molecule has 0 radical (unpaired) electrons. The van der Waals surface area contributed by atoms with E-state index in [1.165, 1.54) is 11.6 Å². The third-order valence-corrected chi connectivity index (χ3v) is 4.88. The summed E-state index contributed by atoms with van der Waals surface area (Å²) in [5.41, 5.74) is 4.97. The highest BCUT2D eigenvalue weighted by Crippen LogP contribution is 2.24. The molecule has 1 amide bonds. The smallest absolute Gasteiger partial charge is 0.267 e. The van der Waals surface area contributed by atoms with Gasteiger partial charge in [0.15, 0.2) is 0 Å². The Bertz CT molecular complexity index is 826. The Morgan fingerprint density at radius 1 is 1.10 bits per heavy atom. The predicted molar refractivity (Wildman–Crippen MR) is 115 cm³/mol. The van der Waals surface area contributed by atoms with Crippen LogP contribution in [0.3, 0.4) is 0 Å². The quantitative estimate of drug-likeness (QED) is 0.428. The van der Waals surface area contributed by atoms with E-state index in [1.54, 1.807) is 11.6 Å². The number of nitrogens with zero attached hydrogens (tertiary/aromatic N) is 2. The summed E-state index contributed by atoms with van der Waals surface area (Å²) in [4.78, 5) is 16.1. The average Bonchev–Trinajstić information content (AvgIpc) is 2.74. The Balaban J connectivity index is 1.57. The van der Waals surface area contributed by atoms with Crippen molar-refractivity contribution in [1.82, 2.24) is 10.4 Å². The van der Waals surface area contributed by atoms with Gasteiger partial charge in [-0.05, 0) is 49.2 Å². The molecule has 29 heavy (non-hydrogen) atoms. The third kappa shape index (κ3) is 6.07. The van der Waals surface area contributed by atoms with Gasteiger partial charge in [-0.2, -0.15) is 0 Å². The van der Waals surface area contributed by atoms with Crippen LogP contribution < -0.4 is 15.1 Å². The van der Waals surface area contributed by atoms with Crippen LogP contribution in [-0.4, -0.2) is 48.3 Å². The number of para-hydroxylation sites is 1. The highest BCUT2D eigenvalue weighted by Gasteiger charge is 2.18. The number of rotatable bonds is 7. The van der Waals surface area contributed by atoms with Crippen LogP contribution in [0.5, 0.6) is 5.75 Å². The van der Waals surface area contributed by atoms with E-state index in [4.69, 9.17) is 9.94 Å². The van der Waals surface area contributed by atoms with Crippen LogP contribution in [0.2, 0.25) is 0 Å². The van der Waals surface area contributed by atoms with E-state index in [-0.39, 0.29) is 6.10 Å². The van der Waals surface area contributed by atoms with E-state index in [1.807, 2.05) is 44.2 Å². The number of hydroxylamine groups is 1. The molecule has 1 fully saturated rings. The molecule has 0 bridgehead atoms. The van der Waals surface area contributed by atoms with Gasteiger partial charge in [-0.25, -0.2) is 5.48 Å². The summed E-state index contributed by atoms with van der Waals surface area (Å²) in [6.07, 6.45) is 3.25. The van der Waals surface area contributed by atoms with Crippen molar-refractivity contribution in [1.29, 1.82) is 0 Å².